The Morgan fingerprint density at radius 2 is 1.62 bits per heavy atom. The van der Waals surface area contributed by atoms with Crippen LogP contribution >= 0.6 is 0 Å². The Bertz CT molecular complexity index is 579. The van der Waals surface area contributed by atoms with Crippen LogP contribution in [0, 0.1) is 0 Å². The molecule has 0 saturated carbocycles. The third kappa shape index (κ3) is 4.00. The number of nitrogens with one attached hydrogen (secondary N) is 1. The molecule has 2 N–H and O–H groups in total. The summed E-state index contributed by atoms with van der Waals surface area (Å²) in [5, 5.41) is 13.6. The van der Waals surface area contributed by atoms with Crippen molar-refractivity contribution in [3.8, 4) is 0 Å². The fourth-order valence-electron chi connectivity index (χ4n) is 2.20. The van der Waals surface area contributed by atoms with Gasteiger partial charge in [-0.05, 0) is 19.4 Å². The van der Waals surface area contributed by atoms with Gasteiger partial charge in [-0.1, -0.05) is 60.7 Å². The lowest BCUT2D eigenvalue weighted by Crippen LogP contribution is -2.43. The quantitative estimate of drug-likeness (QED) is 0.801. The molecular formula is C18H21NO2. The van der Waals surface area contributed by atoms with Crippen molar-refractivity contribution in [2.75, 3.05) is 6.54 Å². The van der Waals surface area contributed by atoms with Gasteiger partial charge in [-0.3, -0.25) is 4.79 Å². The molecule has 0 spiro atoms. The number of benzene rings is 2. The SMILES string of the molecule is CC(NCC(C)(O)c1ccccc1)C(=O)c1ccccc1. The molecule has 3 nitrogen and oxygen atoms in total. The minimum absolute atomic E-state index is 0.0273. The third-order valence-electron chi connectivity index (χ3n) is 3.60. The molecule has 21 heavy (non-hydrogen) atoms. The number of ketones is 1. The summed E-state index contributed by atoms with van der Waals surface area (Å²) in [6.45, 7) is 3.88. The molecule has 2 aromatic rings. The van der Waals surface area contributed by atoms with Crippen LogP contribution in [0.2, 0.25) is 0 Å². The van der Waals surface area contributed by atoms with Crippen LogP contribution in [0.15, 0.2) is 60.7 Å². The van der Waals surface area contributed by atoms with E-state index in [2.05, 4.69) is 5.32 Å². The summed E-state index contributed by atoms with van der Waals surface area (Å²) >= 11 is 0. The third-order valence-corrected chi connectivity index (χ3v) is 3.60. The smallest absolute Gasteiger partial charge is 0.179 e. The van der Waals surface area contributed by atoms with Gasteiger partial charge in [-0.25, -0.2) is 0 Å². The topological polar surface area (TPSA) is 49.3 Å². The molecule has 2 aromatic carbocycles. The first-order valence-corrected chi connectivity index (χ1v) is 7.11. The van der Waals surface area contributed by atoms with Crippen molar-refractivity contribution in [1.82, 2.24) is 5.32 Å². The van der Waals surface area contributed by atoms with Gasteiger partial charge in [-0.2, -0.15) is 0 Å². The molecule has 0 radical (unpaired) electrons. The van der Waals surface area contributed by atoms with Gasteiger partial charge in [0.1, 0.15) is 0 Å². The van der Waals surface area contributed by atoms with Crippen LogP contribution in [0.1, 0.15) is 29.8 Å². The number of Topliss-reactive ketones (excluding diaryl/α,β-unsaturated/α-hetero) is 1. The number of carbonyl (C=O) groups is 1. The molecule has 0 fully saturated rings. The summed E-state index contributed by atoms with van der Waals surface area (Å²) in [4.78, 5) is 12.3. The maximum atomic E-state index is 12.3. The van der Waals surface area contributed by atoms with Crippen molar-refractivity contribution in [2.45, 2.75) is 25.5 Å². The first kappa shape index (κ1) is 15.4. The van der Waals surface area contributed by atoms with Crippen molar-refractivity contribution in [1.29, 1.82) is 0 Å². The number of rotatable bonds is 6. The van der Waals surface area contributed by atoms with Gasteiger partial charge in [0.15, 0.2) is 5.78 Å². The first-order chi connectivity index (χ1) is 10.0. The average molecular weight is 283 g/mol. The molecule has 0 aliphatic rings. The van der Waals surface area contributed by atoms with Crippen LogP contribution < -0.4 is 5.32 Å². The number of aliphatic hydroxyl groups is 1. The molecule has 110 valence electrons. The molecule has 0 aromatic heterocycles. The van der Waals surface area contributed by atoms with Crippen molar-refractivity contribution < 1.29 is 9.90 Å². The Balaban J connectivity index is 1.98. The zero-order chi connectivity index (χ0) is 15.3. The normalized spacial score (nSPS) is 15.2. The fraction of sp³-hybridized carbons (Fsp3) is 0.278. The second-order valence-electron chi connectivity index (χ2n) is 5.47. The van der Waals surface area contributed by atoms with E-state index in [1.807, 2.05) is 55.5 Å². The van der Waals surface area contributed by atoms with E-state index in [1.165, 1.54) is 0 Å². The summed E-state index contributed by atoms with van der Waals surface area (Å²) < 4.78 is 0. The van der Waals surface area contributed by atoms with Gasteiger partial charge < -0.3 is 10.4 Å². The Kier molecular flexibility index (Phi) is 4.89. The molecule has 0 saturated heterocycles. The second-order valence-corrected chi connectivity index (χ2v) is 5.47. The Morgan fingerprint density at radius 3 is 2.19 bits per heavy atom. The molecule has 3 heteroatoms. The van der Waals surface area contributed by atoms with E-state index in [0.29, 0.717) is 12.1 Å². The Morgan fingerprint density at radius 1 is 1.10 bits per heavy atom. The van der Waals surface area contributed by atoms with E-state index >= 15 is 0 Å². The maximum absolute atomic E-state index is 12.3. The molecular weight excluding hydrogens is 262 g/mol. The predicted molar refractivity (Wildman–Crippen MR) is 84.3 cm³/mol. The van der Waals surface area contributed by atoms with E-state index in [0.717, 1.165) is 5.56 Å². The lowest BCUT2D eigenvalue weighted by Gasteiger charge is -2.26. The number of hydrogen-bond acceptors (Lipinski definition) is 3. The monoisotopic (exact) mass is 283 g/mol. The van der Waals surface area contributed by atoms with Gasteiger partial charge in [0.25, 0.3) is 0 Å². The van der Waals surface area contributed by atoms with E-state index in [1.54, 1.807) is 19.1 Å². The van der Waals surface area contributed by atoms with Crippen molar-refractivity contribution in [3.63, 3.8) is 0 Å². The molecule has 0 aliphatic heterocycles. The lowest BCUT2D eigenvalue weighted by atomic mass is 9.95. The summed E-state index contributed by atoms with van der Waals surface area (Å²) in [6.07, 6.45) is 0. The number of carbonyl (C=O) groups excluding carboxylic acids is 1. The van der Waals surface area contributed by atoms with Crippen molar-refractivity contribution in [3.05, 3.63) is 71.8 Å². The largest absolute Gasteiger partial charge is 0.384 e. The molecule has 0 heterocycles. The minimum atomic E-state index is -1.01. The van der Waals surface area contributed by atoms with Crippen molar-refractivity contribution >= 4 is 5.78 Å². The van der Waals surface area contributed by atoms with E-state index in [-0.39, 0.29) is 11.8 Å². The van der Waals surface area contributed by atoms with Crippen LogP contribution in [0.3, 0.4) is 0 Å². The van der Waals surface area contributed by atoms with Crippen LogP contribution in [0.4, 0.5) is 0 Å². The van der Waals surface area contributed by atoms with Crippen molar-refractivity contribution in [2.24, 2.45) is 0 Å². The highest BCUT2D eigenvalue weighted by molar-refractivity contribution is 5.99. The summed E-state index contributed by atoms with van der Waals surface area (Å²) in [5.41, 5.74) is 0.501. The van der Waals surface area contributed by atoms with Crippen LogP contribution in [0.5, 0.6) is 0 Å². The van der Waals surface area contributed by atoms with Crippen LogP contribution in [-0.2, 0) is 5.60 Å². The van der Waals surface area contributed by atoms with Gasteiger partial charge in [0.2, 0.25) is 0 Å². The first-order valence-electron chi connectivity index (χ1n) is 7.11. The lowest BCUT2D eigenvalue weighted by molar-refractivity contribution is 0.0534. The van der Waals surface area contributed by atoms with E-state index in [4.69, 9.17) is 0 Å². The van der Waals surface area contributed by atoms with Gasteiger partial charge >= 0.3 is 0 Å². The zero-order valence-corrected chi connectivity index (χ0v) is 12.4. The highest BCUT2D eigenvalue weighted by Crippen LogP contribution is 2.19. The molecule has 0 aliphatic carbocycles. The van der Waals surface area contributed by atoms with Gasteiger partial charge in [0.05, 0.1) is 11.6 Å². The van der Waals surface area contributed by atoms with E-state index in [9.17, 15) is 9.90 Å². The minimum Gasteiger partial charge on any atom is -0.384 e. The fourth-order valence-corrected chi connectivity index (χ4v) is 2.20. The highest BCUT2D eigenvalue weighted by atomic mass is 16.3. The molecule has 0 bridgehead atoms. The molecule has 2 atom stereocenters. The highest BCUT2D eigenvalue weighted by Gasteiger charge is 2.24. The molecule has 2 unspecified atom stereocenters. The molecule has 0 amide bonds. The van der Waals surface area contributed by atoms with Gasteiger partial charge in [-0.15, -0.1) is 0 Å². The molecule has 2 rings (SSSR count). The second kappa shape index (κ2) is 6.66. The van der Waals surface area contributed by atoms with Gasteiger partial charge in [0, 0.05) is 12.1 Å². The summed E-state index contributed by atoms with van der Waals surface area (Å²) in [7, 11) is 0. The zero-order valence-electron chi connectivity index (χ0n) is 12.4. The Hall–Kier alpha value is -1.97. The van der Waals surface area contributed by atoms with E-state index < -0.39 is 5.60 Å². The average Bonchev–Trinajstić information content (AvgIpc) is 2.53. The van der Waals surface area contributed by atoms with Crippen LogP contribution in [-0.4, -0.2) is 23.5 Å². The Labute approximate surface area is 125 Å². The number of hydrogen-bond donors (Lipinski definition) is 2. The predicted octanol–water partition coefficient (Wildman–Crippen LogP) is 2.76. The standard InChI is InChI=1S/C18H21NO2/c1-14(17(20)15-9-5-3-6-10-15)19-13-18(2,21)16-11-7-4-8-12-16/h3-12,14,19,21H,13H2,1-2H3. The maximum Gasteiger partial charge on any atom is 0.179 e. The summed E-state index contributed by atoms with van der Waals surface area (Å²) in [5.74, 6) is 0.0273. The van der Waals surface area contributed by atoms with Crippen LogP contribution in [0.25, 0.3) is 0 Å². The summed E-state index contributed by atoms with van der Waals surface area (Å²) in [6, 6.07) is 18.3.